The van der Waals surface area contributed by atoms with Crippen molar-refractivity contribution in [3.05, 3.63) is 35.7 Å². The van der Waals surface area contributed by atoms with E-state index in [0.29, 0.717) is 5.69 Å². The van der Waals surface area contributed by atoms with Crippen molar-refractivity contribution in [3.8, 4) is 0 Å². The van der Waals surface area contributed by atoms with Crippen LogP contribution in [0.1, 0.15) is 11.3 Å². The molecule has 5 nitrogen and oxygen atoms in total. The number of benzene rings is 1. The first-order valence-corrected chi connectivity index (χ1v) is 5.72. The molecule has 7 heteroatoms. The van der Waals surface area contributed by atoms with E-state index in [9.17, 15) is 0 Å². The van der Waals surface area contributed by atoms with Crippen molar-refractivity contribution >= 4 is 52.4 Å². The van der Waals surface area contributed by atoms with Crippen molar-refractivity contribution in [3.63, 3.8) is 0 Å². The number of nitrogen functional groups attached to an aromatic ring is 1. The number of anilines is 1. The number of pyridine rings is 1. The largest absolute Gasteiger partial charge is 0.398 e. The molecule has 0 unspecified atom stereocenters. The Morgan fingerprint density at radius 1 is 1.47 bits per heavy atom. The minimum atomic E-state index is 0. The summed E-state index contributed by atoms with van der Waals surface area (Å²) in [5.41, 5.74) is 16.2. The van der Waals surface area contributed by atoms with Crippen molar-refractivity contribution in [2.24, 2.45) is 10.8 Å². The molecule has 0 amide bonds. The Hall–Kier alpha value is -1.92. The van der Waals surface area contributed by atoms with E-state index in [4.69, 9.17) is 11.5 Å². The molecule has 0 atom stereocenters. The number of nitrogens with zero attached hydrogens (tertiary/aromatic N) is 2. The van der Waals surface area contributed by atoms with E-state index in [1.807, 2.05) is 25.1 Å². The first-order valence-electron chi connectivity index (χ1n) is 5.32. The zero-order valence-corrected chi connectivity index (χ0v) is 11.9. The van der Waals surface area contributed by atoms with Gasteiger partial charge in [0.15, 0.2) is 5.11 Å². The van der Waals surface area contributed by atoms with E-state index in [-0.39, 0.29) is 17.5 Å². The minimum absolute atomic E-state index is 0. The van der Waals surface area contributed by atoms with Gasteiger partial charge in [-0.2, -0.15) is 5.10 Å². The van der Waals surface area contributed by atoms with Crippen LogP contribution in [0.3, 0.4) is 0 Å². The highest BCUT2D eigenvalue weighted by molar-refractivity contribution is 7.80. The van der Waals surface area contributed by atoms with Crippen LogP contribution in [0.2, 0.25) is 0 Å². The number of halogens is 1. The van der Waals surface area contributed by atoms with Crippen molar-refractivity contribution < 1.29 is 0 Å². The molecular formula is C12H14ClN5S. The maximum Gasteiger partial charge on any atom is 0.184 e. The van der Waals surface area contributed by atoms with E-state index in [0.717, 1.165) is 22.0 Å². The molecule has 1 aromatic carbocycles. The summed E-state index contributed by atoms with van der Waals surface area (Å²) < 4.78 is 0. The fraction of sp³-hybridized carbons (Fsp3) is 0.0833. The van der Waals surface area contributed by atoms with Crippen LogP contribution in [0.5, 0.6) is 0 Å². The SMILES string of the molecule is Cc1cnc(/C=N\NC(N)=S)c2cccc(N)c12.Cl. The van der Waals surface area contributed by atoms with E-state index in [2.05, 4.69) is 27.7 Å². The zero-order valence-electron chi connectivity index (χ0n) is 10.3. The van der Waals surface area contributed by atoms with Crippen LogP contribution in [-0.4, -0.2) is 16.3 Å². The predicted octanol–water partition coefficient (Wildman–Crippen LogP) is 1.71. The highest BCUT2D eigenvalue weighted by Gasteiger charge is 2.05. The number of aryl methyl sites for hydroxylation is 1. The Balaban J connectivity index is 0.00000180. The number of nitrogens with two attached hydrogens (primary N) is 2. The smallest absolute Gasteiger partial charge is 0.184 e. The number of hydrazone groups is 1. The number of fused-ring (bicyclic) bond motifs is 1. The third kappa shape index (κ3) is 3.30. The molecule has 0 spiro atoms. The standard InChI is InChI=1S/C12H13N5S.ClH/c1-7-5-15-10(6-16-17-12(14)18)8-3-2-4-9(13)11(7)8;/h2-6H,13H2,1H3,(H3,14,17,18);1H/b16-6-;. The average molecular weight is 296 g/mol. The maximum atomic E-state index is 5.97. The fourth-order valence-electron chi connectivity index (χ4n) is 1.78. The van der Waals surface area contributed by atoms with E-state index >= 15 is 0 Å². The molecule has 2 aromatic rings. The maximum absolute atomic E-state index is 5.97. The molecule has 0 aliphatic rings. The summed E-state index contributed by atoms with van der Waals surface area (Å²) in [6, 6.07) is 5.70. The Kier molecular flexibility index (Phi) is 5.02. The molecule has 1 heterocycles. The quantitative estimate of drug-likeness (QED) is 0.340. The second-order valence-electron chi connectivity index (χ2n) is 3.83. The number of aromatic nitrogens is 1. The summed E-state index contributed by atoms with van der Waals surface area (Å²) in [5, 5.41) is 5.96. The summed E-state index contributed by atoms with van der Waals surface area (Å²) in [4.78, 5) is 4.32. The van der Waals surface area contributed by atoms with Crippen LogP contribution < -0.4 is 16.9 Å². The Bertz CT molecular complexity index is 633. The topological polar surface area (TPSA) is 89.3 Å². The second kappa shape index (κ2) is 6.31. The van der Waals surface area contributed by atoms with Gasteiger partial charge in [0, 0.05) is 22.7 Å². The molecule has 0 fully saturated rings. The van der Waals surface area contributed by atoms with Gasteiger partial charge in [-0.3, -0.25) is 10.4 Å². The van der Waals surface area contributed by atoms with Crippen LogP contribution in [-0.2, 0) is 0 Å². The second-order valence-corrected chi connectivity index (χ2v) is 4.27. The summed E-state index contributed by atoms with van der Waals surface area (Å²) in [7, 11) is 0. The summed E-state index contributed by atoms with van der Waals surface area (Å²) in [5.74, 6) is 0. The van der Waals surface area contributed by atoms with Gasteiger partial charge in [-0.05, 0) is 30.8 Å². The van der Waals surface area contributed by atoms with Gasteiger partial charge in [0.1, 0.15) is 0 Å². The van der Waals surface area contributed by atoms with E-state index in [1.54, 1.807) is 12.4 Å². The van der Waals surface area contributed by atoms with Gasteiger partial charge >= 0.3 is 0 Å². The summed E-state index contributed by atoms with van der Waals surface area (Å²) >= 11 is 4.66. The molecule has 0 saturated carbocycles. The Labute approximate surface area is 122 Å². The third-order valence-corrected chi connectivity index (χ3v) is 2.62. The van der Waals surface area contributed by atoms with Gasteiger partial charge in [0.05, 0.1) is 11.9 Å². The lowest BCUT2D eigenvalue weighted by molar-refractivity contribution is 1.04. The molecule has 0 saturated heterocycles. The molecule has 0 aliphatic carbocycles. The lowest BCUT2D eigenvalue weighted by atomic mass is 10.0. The van der Waals surface area contributed by atoms with Crippen LogP contribution in [0.4, 0.5) is 5.69 Å². The monoisotopic (exact) mass is 295 g/mol. The molecule has 2 rings (SSSR count). The predicted molar refractivity (Wildman–Crippen MR) is 85.7 cm³/mol. The average Bonchev–Trinajstić information content (AvgIpc) is 2.32. The summed E-state index contributed by atoms with van der Waals surface area (Å²) in [6.45, 7) is 1.97. The first-order chi connectivity index (χ1) is 8.59. The third-order valence-electron chi connectivity index (χ3n) is 2.53. The summed E-state index contributed by atoms with van der Waals surface area (Å²) in [6.07, 6.45) is 3.33. The van der Waals surface area contributed by atoms with Crippen LogP contribution in [0.25, 0.3) is 10.8 Å². The lowest BCUT2D eigenvalue weighted by Crippen LogP contribution is -2.24. The fourth-order valence-corrected chi connectivity index (χ4v) is 1.84. The van der Waals surface area contributed by atoms with Crippen LogP contribution >= 0.6 is 24.6 Å². The van der Waals surface area contributed by atoms with E-state index < -0.39 is 0 Å². The van der Waals surface area contributed by atoms with Crippen LogP contribution in [0.15, 0.2) is 29.5 Å². The number of hydrogen-bond donors (Lipinski definition) is 3. The molecular weight excluding hydrogens is 282 g/mol. The molecule has 100 valence electrons. The number of nitrogens with one attached hydrogen (secondary N) is 1. The molecule has 5 N–H and O–H groups in total. The Morgan fingerprint density at radius 3 is 2.89 bits per heavy atom. The van der Waals surface area contributed by atoms with Gasteiger partial charge in [-0.1, -0.05) is 12.1 Å². The van der Waals surface area contributed by atoms with Crippen molar-refractivity contribution in [1.29, 1.82) is 0 Å². The zero-order chi connectivity index (χ0) is 13.1. The van der Waals surface area contributed by atoms with Crippen LogP contribution in [0, 0.1) is 6.92 Å². The van der Waals surface area contributed by atoms with E-state index in [1.165, 1.54) is 0 Å². The van der Waals surface area contributed by atoms with Gasteiger partial charge < -0.3 is 11.5 Å². The number of rotatable bonds is 2. The first kappa shape index (κ1) is 15.1. The highest BCUT2D eigenvalue weighted by Crippen LogP contribution is 2.25. The normalized spacial score (nSPS) is 10.4. The van der Waals surface area contributed by atoms with Crippen molar-refractivity contribution in [2.75, 3.05) is 5.73 Å². The van der Waals surface area contributed by atoms with Crippen molar-refractivity contribution in [1.82, 2.24) is 10.4 Å². The highest BCUT2D eigenvalue weighted by atomic mass is 35.5. The molecule has 0 radical (unpaired) electrons. The molecule has 0 bridgehead atoms. The lowest BCUT2D eigenvalue weighted by Gasteiger charge is -2.07. The van der Waals surface area contributed by atoms with Gasteiger partial charge in [-0.25, -0.2) is 0 Å². The van der Waals surface area contributed by atoms with Gasteiger partial charge in [0.2, 0.25) is 0 Å². The van der Waals surface area contributed by atoms with Gasteiger partial charge in [-0.15, -0.1) is 12.4 Å². The molecule has 0 aliphatic heterocycles. The molecule has 19 heavy (non-hydrogen) atoms. The minimum Gasteiger partial charge on any atom is -0.398 e. The van der Waals surface area contributed by atoms with Crippen molar-refractivity contribution in [2.45, 2.75) is 6.92 Å². The number of thiocarbonyl (C=S) groups is 1. The molecule has 1 aromatic heterocycles. The van der Waals surface area contributed by atoms with Gasteiger partial charge in [0.25, 0.3) is 0 Å². The number of hydrogen-bond acceptors (Lipinski definition) is 4. The Morgan fingerprint density at radius 2 is 2.21 bits per heavy atom.